The Morgan fingerprint density at radius 2 is 0.968 bits per heavy atom. The number of Topliss-reactive ketones (excluding diaryl/α,β-unsaturated/α-hetero) is 1. The molecule has 0 fully saturated rings. The summed E-state index contributed by atoms with van der Waals surface area (Å²) in [6, 6.07) is 36.0. The SMILES string of the molecule is O=C1C(=C(c2ccccc2)c2ccccc2)C(c2ccccc2)=C1c1ccc(F)cc1. The fourth-order valence-electron chi connectivity index (χ4n) is 4.10. The molecule has 4 aromatic rings. The van der Waals surface area contributed by atoms with Gasteiger partial charge in [-0.15, -0.1) is 0 Å². The molecule has 0 heterocycles. The third kappa shape index (κ3) is 3.43. The quantitative estimate of drug-likeness (QED) is 0.342. The Hall–Kier alpha value is -4.04. The van der Waals surface area contributed by atoms with Gasteiger partial charge in [0.25, 0.3) is 0 Å². The minimum absolute atomic E-state index is 0.0202. The zero-order valence-corrected chi connectivity index (χ0v) is 16.8. The van der Waals surface area contributed by atoms with E-state index >= 15 is 0 Å². The van der Waals surface area contributed by atoms with Crippen LogP contribution in [0.2, 0.25) is 0 Å². The monoisotopic (exact) mass is 402 g/mol. The number of carbonyl (C=O) groups is 1. The van der Waals surface area contributed by atoms with E-state index in [1.807, 2.05) is 91.0 Å². The van der Waals surface area contributed by atoms with Crippen LogP contribution in [-0.2, 0) is 4.79 Å². The molecule has 148 valence electrons. The maximum absolute atomic E-state index is 13.6. The molecule has 0 atom stereocenters. The van der Waals surface area contributed by atoms with Crippen LogP contribution in [0.1, 0.15) is 22.3 Å². The van der Waals surface area contributed by atoms with Gasteiger partial charge in [-0.05, 0) is 34.4 Å². The smallest absolute Gasteiger partial charge is 0.195 e. The van der Waals surface area contributed by atoms with Gasteiger partial charge in [-0.2, -0.15) is 0 Å². The van der Waals surface area contributed by atoms with Gasteiger partial charge in [0.15, 0.2) is 5.78 Å². The van der Waals surface area contributed by atoms with Crippen LogP contribution < -0.4 is 0 Å². The van der Waals surface area contributed by atoms with Crippen molar-refractivity contribution in [2.24, 2.45) is 0 Å². The predicted molar refractivity (Wildman–Crippen MR) is 124 cm³/mol. The minimum atomic E-state index is -0.317. The molecule has 0 bridgehead atoms. The van der Waals surface area contributed by atoms with Crippen molar-refractivity contribution in [2.75, 3.05) is 0 Å². The van der Waals surface area contributed by atoms with Crippen LogP contribution in [0.3, 0.4) is 0 Å². The average molecular weight is 402 g/mol. The van der Waals surface area contributed by atoms with Crippen LogP contribution in [0, 0.1) is 5.82 Å². The molecule has 1 aliphatic rings. The molecule has 4 aromatic carbocycles. The Balaban J connectivity index is 1.83. The fourth-order valence-corrected chi connectivity index (χ4v) is 4.10. The number of hydrogen-bond donors (Lipinski definition) is 0. The van der Waals surface area contributed by atoms with Gasteiger partial charge >= 0.3 is 0 Å². The number of allylic oxidation sites excluding steroid dienone is 3. The van der Waals surface area contributed by atoms with Gasteiger partial charge in [0, 0.05) is 22.3 Å². The Kier molecular flexibility index (Phi) is 4.89. The lowest BCUT2D eigenvalue weighted by Crippen LogP contribution is -2.22. The largest absolute Gasteiger partial charge is 0.289 e. The molecule has 0 saturated carbocycles. The summed E-state index contributed by atoms with van der Waals surface area (Å²) >= 11 is 0. The number of carbonyl (C=O) groups excluding carboxylic acids is 1. The summed E-state index contributed by atoms with van der Waals surface area (Å²) in [4.78, 5) is 13.6. The van der Waals surface area contributed by atoms with Crippen molar-refractivity contribution in [3.05, 3.63) is 149 Å². The molecule has 31 heavy (non-hydrogen) atoms. The summed E-state index contributed by atoms with van der Waals surface area (Å²) < 4.78 is 13.5. The molecule has 0 saturated heterocycles. The molecule has 0 spiro atoms. The highest BCUT2D eigenvalue weighted by atomic mass is 19.1. The first-order valence-corrected chi connectivity index (χ1v) is 10.2. The fraction of sp³-hybridized carbons (Fsp3) is 0. The Morgan fingerprint density at radius 3 is 1.48 bits per heavy atom. The maximum Gasteiger partial charge on any atom is 0.195 e. The molecule has 1 aliphatic carbocycles. The van der Waals surface area contributed by atoms with E-state index in [9.17, 15) is 9.18 Å². The second-order valence-corrected chi connectivity index (χ2v) is 7.43. The summed E-state index contributed by atoms with van der Waals surface area (Å²) in [5.74, 6) is -0.337. The van der Waals surface area contributed by atoms with E-state index in [0.717, 1.165) is 33.4 Å². The number of rotatable bonds is 4. The molecule has 0 amide bonds. The van der Waals surface area contributed by atoms with E-state index in [0.29, 0.717) is 11.1 Å². The van der Waals surface area contributed by atoms with E-state index < -0.39 is 0 Å². The summed E-state index contributed by atoms with van der Waals surface area (Å²) in [6.45, 7) is 0. The van der Waals surface area contributed by atoms with Gasteiger partial charge in [-0.25, -0.2) is 4.39 Å². The van der Waals surface area contributed by atoms with Crippen LogP contribution in [0.15, 0.2) is 121 Å². The van der Waals surface area contributed by atoms with E-state index in [-0.39, 0.29) is 11.6 Å². The second kappa shape index (κ2) is 8.00. The summed E-state index contributed by atoms with van der Waals surface area (Å²) in [7, 11) is 0. The van der Waals surface area contributed by atoms with Gasteiger partial charge in [-0.1, -0.05) is 103 Å². The molecule has 0 aliphatic heterocycles. The first kappa shape index (κ1) is 19.0. The highest BCUT2D eigenvalue weighted by Gasteiger charge is 2.38. The number of ketones is 1. The molecule has 5 rings (SSSR count). The maximum atomic E-state index is 13.6. The van der Waals surface area contributed by atoms with Crippen molar-refractivity contribution in [1.82, 2.24) is 0 Å². The minimum Gasteiger partial charge on any atom is -0.289 e. The van der Waals surface area contributed by atoms with Crippen LogP contribution in [-0.4, -0.2) is 5.78 Å². The number of hydrogen-bond acceptors (Lipinski definition) is 1. The Labute approximate surface area is 180 Å². The van der Waals surface area contributed by atoms with Gasteiger partial charge < -0.3 is 0 Å². The van der Waals surface area contributed by atoms with Crippen molar-refractivity contribution in [3.8, 4) is 0 Å². The van der Waals surface area contributed by atoms with Crippen molar-refractivity contribution in [2.45, 2.75) is 0 Å². The lowest BCUT2D eigenvalue weighted by atomic mass is 9.70. The van der Waals surface area contributed by atoms with Gasteiger partial charge in [0.05, 0.1) is 0 Å². The van der Waals surface area contributed by atoms with E-state index in [1.54, 1.807) is 12.1 Å². The molecular formula is C29H19FO. The molecule has 1 nitrogen and oxygen atoms in total. The normalized spacial score (nSPS) is 13.2. The third-order valence-corrected chi connectivity index (χ3v) is 5.52. The van der Waals surface area contributed by atoms with Crippen molar-refractivity contribution in [1.29, 1.82) is 0 Å². The lowest BCUT2D eigenvalue weighted by molar-refractivity contribution is -0.110. The van der Waals surface area contributed by atoms with Gasteiger partial charge in [-0.3, -0.25) is 4.79 Å². The topological polar surface area (TPSA) is 17.1 Å². The van der Waals surface area contributed by atoms with Gasteiger partial charge in [0.2, 0.25) is 0 Å². The van der Waals surface area contributed by atoms with Gasteiger partial charge in [0.1, 0.15) is 5.82 Å². The zero-order chi connectivity index (χ0) is 21.2. The molecule has 2 heteroatoms. The molecule has 0 radical (unpaired) electrons. The second-order valence-electron chi connectivity index (χ2n) is 7.43. The number of halogens is 1. The van der Waals surface area contributed by atoms with Crippen LogP contribution in [0.5, 0.6) is 0 Å². The van der Waals surface area contributed by atoms with E-state index in [4.69, 9.17) is 0 Å². The number of benzene rings is 4. The summed E-state index contributed by atoms with van der Waals surface area (Å²) in [5, 5.41) is 0. The molecule has 0 unspecified atom stereocenters. The Morgan fingerprint density at radius 1 is 0.516 bits per heavy atom. The van der Waals surface area contributed by atoms with Crippen LogP contribution in [0.25, 0.3) is 16.7 Å². The van der Waals surface area contributed by atoms with E-state index in [2.05, 4.69) is 0 Å². The molecular weight excluding hydrogens is 383 g/mol. The Bertz CT molecular complexity index is 1260. The summed E-state index contributed by atoms with van der Waals surface area (Å²) in [6.07, 6.45) is 0. The average Bonchev–Trinajstić information content (AvgIpc) is 2.83. The first-order chi connectivity index (χ1) is 15.2. The van der Waals surface area contributed by atoms with Crippen LogP contribution >= 0.6 is 0 Å². The predicted octanol–water partition coefficient (Wildman–Crippen LogP) is 6.82. The first-order valence-electron chi connectivity index (χ1n) is 10.2. The lowest BCUT2D eigenvalue weighted by Gasteiger charge is -2.30. The zero-order valence-electron chi connectivity index (χ0n) is 16.8. The van der Waals surface area contributed by atoms with Crippen molar-refractivity contribution >= 4 is 22.5 Å². The van der Waals surface area contributed by atoms with Crippen molar-refractivity contribution in [3.63, 3.8) is 0 Å². The third-order valence-electron chi connectivity index (χ3n) is 5.52. The molecule has 0 aromatic heterocycles. The highest BCUT2D eigenvalue weighted by Crippen LogP contribution is 2.48. The highest BCUT2D eigenvalue weighted by molar-refractivity contribution is 6.52. The molecule has 0 N–H and O–H groups in total. The van der Waals surface area contributed by atoms with Crippen LogP contribution in [0.4, 0.5) is 4.39 Å². The van der Waals surface area contributed by atoms with Crippen molar-refractivity contribution < 1.29 is 9.18 Å². The summed E-state index contributed by atoms with van der Waals surface area (Å²) in [5.41, 5.74) is 6.83. The standard InChI is InChI=1S/C29H19FO/c30-24-18-16-23(17-19-24)27-26(22-14-8-3-9-15-22)28(29(27)31)25(20-10-4-1-5-11-20)21-12-6-2-7-13-21/h1-19H. The van der Waals surface area contributed by atoms with E-state index in [1.165, 1.54) is 12.1 Å².